The lowest BCUT2D eigenvalue weighted by molar-refractivity contribution is -0.136. The van der Waals surface area contributed by atoms with E-state index in [4.69, 9.17) is 5.11 Å². The Morgan fingerprint density at radius 3 is 2.20 bits per heavy atom. The minimum atomic E-state index is -0.969. The van der Waals surface area contributed by atoms with E-state index in [0.717, 1.165) is 11.8 Å². The molecule has 0 rings (SSSR count). The fourth-order valence-corrected chi connectivity index (χ4v) is 2.30. The predicted molar refractivity (Wildman–Crippen MR) is 62.1 cm³/mol. The predicted octanol–water partition coefficient (Wildman–Crippen LogP) is 1.78. The molecule has 0 aromatic rings. The third-order valence-electron chi connectivity index (χ3n) is 1.50. The summed E-state index contributed by atoms with van der Waals surface area (Å²) in [7, 11) is 0. The van der Waals surface area contributed by atoms with Gasteiger partial charge in [0.05, 0.1) is 0 Å². The highest BCUT2D eigenvalue weighted by Gasteiger charge is 2.19. The van der Waals surface area contributed by atoms with Gasteiger partial charge >= 0.3 is 5.97 Å². The summed E-state index contributed by atoms with van der Waals surface area (Å²) in [5, 5.41) is 7.93. The molecule has 0 aliphatic heterocycles. The monoisotopic (exact) mass is 250 g/mol. The van der Waals surface area contributed by atoms with E-state index in [1.807, 2.05) is 0 Å². The summed E-state index contributed by atoms with van der Waals surface area (Å²) in [4.78, 5) is 32.0. The molecule has 0 aliphatic rings. The van der Waals surface area contributed by atoms with E-state index in [-0.39, 0.29) is 10.2 Å². The van der Waals surface area contributed by atoms with Crippen molar-refractivity contribution in [3.8, 4) is 0 Å². The average Bonchev–Trinajstić information content (AvgIpc) is 2.08. The van der Waals surface area contributed by atoms with Crippen molar-refractivity contribution in [2.75, 3.05) is 5.75 Å². The lowest BCUT2D eigenvalue weighted by Crippen LogP contribution is -2.18. The van der Waals surface area contributed by atoms with Gasteiger partial charge < -0.3 is 5.11 Å². The minimum absolute atomic E-state index is 0.0288. The van der Waals surface area contributed by atoms with Crippen molar-refractivity contribution in [2.24, 2.45) is 0 Å². The molecule has 0 aromatic heterocycles. The zero-order valence-corrected chi connectivity index (χ0v) is 10.3. The van der Waals surface area contributed by atoms with Crippen molar-refractivity contribution < 1.29 is 19.5 Å². The molecule has 0 amide bonds. The van der Waals surface area contributed by atoms with E-state index in [1.165, 1.54) is 25.6 Å². The Morgan fingerprint density at radius 1 is 1.20 bits per heavy atom. The van der Waals surface area contributed by atoms with Crippen LogP contribution in [0, 0.1) is 0 Å². The van der Waals surface area contributed by atoms with E-state index in [1.54, 1.807) is 0 Å². The van der Waals surface area contributed by atoms with Gasteiger partial charge in [0.15, 0.2) is 10.2 Å². The third kappa shape index (κ3) is 8.50. The van der Waals surface area contributed by atoms with Crippen LogP contribution in [0.2, 0.25) is 0 Å². The highest BCUT2D eigenvalue weighted by molar-refractivity contribution is 8.14. The Labute approximate surface area is 97.2 Å². The maximum Gasteiger partial charge on any atom is 0.317 e. The van der Waals surface area contributed by atoms with Crippen molar-refractivity contribution in [3.05, 3.63) is 0 Å². The molecule has 6 heteroatoms. The second-order valence-electron chi connectivity index (χ2n) is 2.92. The first-order valence-corrected chi connectivity index (χ1v) is 6.33. The quantitative estimate of drug-likeness (QED) is 0.724. The minimum Gasteiger partial charge on any atom is -0.480 e. The van der Waals surface area contributed by atoms with Crippen LogP contribution in [0.3, 0.4) is 0 Å². The number of hydrogen-bond acceptors (Lipinski definition) is 5. The summed E-state index contributed by atoms with van der Waals surface area (Å²) >= 11 is 2.01. The second-order valence-corrected chi connectivity index (χ2v) is 5.57. The molecular weight excluding hydrogens is 236 g/mol. The molecule has 1 atom stereocenters. The van der Waals surface area contributed by atoms with E-state index in [2.05, 4.69) is 0 Å². The molecule has 0 bridgehead atoms. The first-order chi connectivity index (χ1) is 6.93. The van der Waals surface area contributed by atoms with E-state index < -0.39 is 11.2 Å². The summed E-state index contributed by atoms with van der Waals surface area (Å²) < 4.78 is 0. The van der Waals surface area contributed by atoms with Crippen molar-refractivity contribution >= 4 is 39.7 Å². The zero-order chi connectivity index (χ0) is 11.8. The highest BCUT2D eigenvalue weighted by Crippen LogP contribution is 2.19. The van der Waals surface area contributed by atoms with Gasteiger partial charge in [-0.3, -0.25) is 14.4 Å². The Kier molecular flexibility index (Phi) is 7.50. The number of thioether (sulfide) groups is 2. The molecule has 4 nitrogen and oxygen atoms in total. The van der Waals surface area contributed by atoms with Gasteiger partial charge in [-0.1, -0.05) is 23.5 Å². The Hall–Kier alpha value is -0.490. The molecule has 0 aromatic carbocycles. The number of carboxylic acids is 1. The molecule has 1 N–H and O–H groups in total. The molecular formula is C9H14O4S2. The van der Waals surface area contributed by atoms with E-state index in [0.29, 0.717) is 18.6 Å². The number of rotatable bonds is 6. The Balaban J connectivity index is 3.81. The Morgan fingerprint density at radius 2 is 1.80 bits per heavy atom. The van der Waals surface area contributed by atoms with Crippen LogP contribution in [0.4, 0.5) is 0 Å². The van der Waals surface area contributed by atoms with Gasteiger partial charge in [-0.05, 0) is 12.8 Å². The molecule has 1 unspecified atom stereocenters. The molecule has 0 saturated carbocycles. The molecule has 0 heterocycles. The van der Waals surface area contributed by atoms with Crippen LogP contribution < -0.4 is 0 Å². The fraction of sp³-hybridized carbons (Fsp3) is 0.667. The van der Waals surface area contributed by atoms with Crippen molar-refractivity contribution in [1.29, 1.82) is 0 Å². The van der Waals surface area contributed by atoms with Crippen LogP contribution in [0.1, 0.15) is 26.7 Å². The van der Waals surface area contributed by atoms with Crippen LogP contribution in [0.5, 0.6) is 0 Å². The standard InChI is InChI=1S/C9H14O4S2/c1-6(10)14-5-3-4-8(9(12)13)15-7(2)11/h8H,3-5H2,1-2H3,(H,12,13). The summed E-state index contributed by atoms with van der Waals surface area (Å²) in [5.74, 6) is -0.361. The fourth-order valence-electron chi connectivity index (χ4n) is 0.918. The zero-order valence-electron chi connectivity index (χ0n) is 8.69. The molecule has 0 spiro atoms. The first kappa shape index (κ1) is 14.5. The number of carboxylic acid groups (broad SMARTS) is 1. The van der Waals surface area contributed by atoms with Crippen molar-refractivity contribution in [3.63, 3.8) is 0 Å². The summed E-state index contributed by atoms with van der Waals surface area (Å²) in [6, 6.07) is 0. The van der Waals surface area contributed by atoms with E-state index >= 15 is 0 Å². The summed E-state index contributed by atoms with van der Waals surface area (Å²) in [6.07, 6.45) is 1.04. The van der Waals surface area contributed by atoms with Gasteiger partial charge in [-0.2, -0.15) is 0 Å². The molecule has 0 saturated heterocycles. The van der Waals surface area contributed by atoms with Gasteiger partial charge in [0.2, 0.25) is 0 Å². The number of carbonyl (C=O) groups is 3. The smallest absolute Gasteiger partial charge is 0.317 e. The van der Waals surface area contributed by atoms with Gasteiger partial charge in [-0.15, -0.1) is 0 Å². The van der Waals surface area contributed by atoms with Crippen LogP contribution in [-0.4, -0.2) is 32.3 Å². The van der Waals surface area contributed by atoms with Crippen LogP contribution in [-0.2, 0) is 14.4 Å². The van der Waals surface area contributed by atoms with Gasteiger partial charge in [0.25, 0.3) is 0 Å². The second kappa shape index (κ2) is 7.76. The molecule has 0 aliphatic carbocycles. The molecule has 0 radical (unpaired) electrons. The molecule has 86 valence electrons. The van der Waals surface area contributed by atoms with Crippen molar-refractivity contribution in [2.45, 2.75) is 31.9 Å². The Bertz CT molecular complexity index is 252. The summed E-state index contributed by atoms with van der Waals surface area (Å²) in [6.45, 7) is 2.83. The SMILES string of the molecule is CC(=O)SCCCC(SC(C)=O)C(=O)O. The van der Waals surface area contributed by atoms with Crippen molar-refractivity contribution in [1.82, 2.24) is 0 Å². The largest absolute Gasteiger partial charge is 0.480 e. The van der Waals surface area contributed by atoms with E-state index in [9.17, 15) is 14.4 Å². The van der Waals surface area contributed by atoms with Gasteiger partial charge in [0.1, 0.15) is 5.25 Å². The van der Waals surface area contributed by atoms with Gasteiger partial charge in [-0.25, -0.2) is 0 Å². The van der Waals surface area contributed by atoms with Gasteiger partial charge in [0, 0.05) is 19.6 Å². The number of hydrogen-bond donors (Lipinski definition) is 1. The van der Waals surface area contributed by atoms with Crippen LogP contribution in [0.15, 0.2) is 0 Å². The maximum atomic E-state index is 10.7. The number of carbonyl (C=O) groups excluding carboxylic acids is 2. The van der Waals surface area contributed by atoms with Crippen LogP contribution >= 0.6 is 23.5 Å². The normalized spacial score (nSPS) is 12.1. The molecule has 15 heavy (non-hydrogen) atoms. The molecule has 0 fully saturated rings. The third-order valence-corrected chi connectivity index (χ3v) is 3.45. The maximum absolute atomic E-state index is 10.7. The average molecular weight is 250 g/mol. The lowest BCUT2D eigenvalue weighted by atomic mass is 10.2. The highest BCUT2D eigenvalue weighted by atomic mass is 32.2. The first-order valence-electron chi connectivity index (χ1n) is 4.47. The number of aliphatic carboxylic acids is 1. The van der Waals surface area contributed by atoms with Crippen LogP contribution in [0.25, 0.3) is 0 Å². The summed E-state index contributed by atoms with van der Waals surface area (Å²) in [5.41, 5.74) is 0. The lowest BCUT2D eigenvalue weighted by Gasteiger charge is -2.08. The topological polar surface area (TPSA) is 71.4 Å².